The Morgan fingerprint density at radius 3 is 1.83 bits per heavy atom. The first-order chi connectivity index (χ1) is 33.7. The molecule has 0 aromatic carbocycles. The first-order valence-corrected chi connectivity index (χ1v) is 26.3. The lowest BCUT2D eigenvalue weighted by atomic mass is 9.95. The van der Waals surface area contributed by atoms with E-state index in [1.54, 1.807) is 20.8 Å². The Hall–Kier alpha value is -2.19. The smallest absolute Gasteiger partial charge is 0.311 e. The van der Waals surface area contributed by atoms with Crippen LogP contribution in [0.2, 0.25) is 0 Å². The maximum Gasteiger partial charge on any atom is 0.311 e. The van der Waals surface area contributed by atoms with Gasteiger partial charge in [-0.05, 0) is 67.2 Å². The van der Waals surface area contributed by atoms with Crippen LogP contribution in [0.3, 0.4) is 0 Å². The molecule has 5 aliphatic rings. The minimum absolute atomic E-state index is 0.0134. The molecule has 5 saturated heterocycles. The SMILES string of the molecule is CCCCC[C@@H]1CCCCCCCCCC(=O)O[C@H]2[C@H](O)[C@@H](C)O[C@@H](O[C@H]3[C@H](O1)O[C@H](C)[C@@H](O)[C@@H]3O)[C@@H]2O[C@@H]1O[C@@H](C)[C@H](O[C@@H]2O[C@H](C)[C@H](O)[C@H](OC(=O)[C@H](C)[C@@H](C)O)[C@H]2O)[C@@H](O)[C@H]1OC(=O)[C@@H](C)CC. The number of carbonyl (C=O) groups is 3. The molecule has 5 aliphatic heterocycles. The second-order valence-electron chi connectivity index (χ2n) is 20.4. The van der Waals surface area contributed by atoms with E-state index in [1.165, 1.54) is 34.6 Å². The van der Waals surface area contributed by atoms with Crippen LogP contribution in [0.15, 0.2) is 0 Å². The van der Waals surface area contributed by atoms with E-state index in [1.807, 2.05) is 0 Å². The Bertz CT molecular complexity index is 1620. The molecule has 0 unspecified atom stereocenters. The summed E-state index contributed by atoms with van der Waals surface area (Å²) in [6.07, 6.45) is -20.3. The van der Waals surface area contributed by atoms with Gasteiger partial charge in [0.25, 0.3) is 0 Å². The molecule has 0 aromatic rings. The predicted molar refractivity (Wildman–Crippen MR) is 249 cm³/mol. The molecule has 0 aliphatic carbocycles. The number of carbonyl (C=O) groups excluding carboxylic acids is 3. The quantitative estimate of drug-likeness (QED) is 0.0747. The van der Waals surface area contributed by atoms with E-state index in [4.69, 9.17) is 52.1 Å². The molecular weight excluding hydrogens is 937 g/mol. The van der Waals surface area contributed by atoms with E-state index >= 15 is 0 Å². The van der Waals surface area contributed by atoms with Crippen molar-refractivity contribution in [2.45, 2.75) is 287 Å². The lowest BCUT2D eigenvalue weighted by Gasteiger charge is -2.50. The van der Waals surface area contributed by atoms with Gasteiger partial charge in [0.05, 0.1) is 48.5 Å². The molecule has 71 heavy (non-hydrogen) atoms. The van der Waals surface area contributed by atoms with Crippen LogP contribution in [0, 0.1) is 11.8 Å². The Morgan fingerprint density at radius 2 is 1.17 bits per heavy atom. The van der Waals surface area contributed by atoms with Crippen LogP contribution in [0.25, 0.3) is 0 Å². The largest absolute Gasteiger partial charge is 0.456 e. The van der Waals surface area contributed by atoms with Crippen molar-refractivity contribution in [1.29, 1.82) is 0 Å². The zero-order valence-corrected chi connectivity index (χ0v) is 43.1. The third-order valence-electron chi connectivity index (χ3n) is 14.7. The Morgan fingerprint density at radius 1 is 0.577 bits per heavy atom. The fourth-order valence-electron chi connectivity index (χ4n) is 9.44. The van der Waals surface area contributed by atoms with Crippen LogP contribution < -0.4 is 0 Å². The molecule has 412 valence electrons. The van der Waals surface area contributed by atoms with Crippen molar-refractivity contribution in [3.8, 4) is 0 Å². The predicted octanol–water partition coefficient (Wildman–Crippen LogP) is 2.58. The zero-order valence-electron chi connectivity index (χ0n) is 43.1. The first kappa shape index (κ1) is 59.7. The number of hydrogen-bond donors (Lipinski definition) is 7. The maximum atomic E-state index is 13.7. The number of fused-ring (bicyclic) bond motifs is 3. The van der Waals surface area contributed by atoms with Gasteiger partial charge in [-0.15, -0.1) is 0 Å². The third-order valence-corrected chi connectivity index (χ3v) is 14.7. The van der Waals surface area contributed by atoms with Crippen LogP contribution in [-0.2, 0) is 66.5 Å². The van der Waals surface area contributed by atoms with Crippen molar-refractivity contribution in [2.24, 2.45) is 11.8 Å². The van der Waals surface area contributed by atoms with E-state index in [-0.39, 0.29) is 12.5 Å². The topological polar surface area (TPSA) is 294 Å². The highest BCUT2D eigenvalue weighted by Crippen LogP contribution is 2.38. The molecule has 0 amide bonds. The van der Waals surface area contributed by atoms with Crippen LogP contribution in [0.1, 0.15) is 152 Å². The molecule has 21 heteroatoms. The highest BCUT2D eigenvalue weighted by atomic mass is 16.8. The van der Waals surface area contributed by atoms with Gasteiger partial charge in [0.1, 0.15) is 48.8 Å². The maximum absolute atomic E-state index is 13.7. The summed E-state index contributed by atoms with van der Waals surface area (Å²) < 4.78 is 68.1. The molecule has 2 bridgehead atoms. The van der Waals surface area contributed by atoms with Crippen molar-refractivity contribution in [3.05, 3.63) is 0 Å². The van der Waals surface area contributed by atoms with Gasteiger partial charge >= 0.3 is 17.9 Å². The van der Waals surface area contributed by atoms with E-state index in [0.717, 1.165) is 57.8 Å². The number of esters is 3. The molecule has 0 spiro atoms. The molecule has 21 nitrogen and oxygen atoms in total. The molecule has 5 rings (SSSR count). The van der Waals surface area contributed by atoms with E-state index in [0.29, 0.717) is 25.7 Å². The van der Waals surface area contributed by atoms with Gasteiger partial charge in [0.2, 0.25) is 0 Å². The second kappa shape index (κ2) is 28.1. The highest BCUT2D eigenvalue weighted by molar-refractivity contribution is 5.73. The van der Waals surface area contributed by atoms with Gasteiger partial charge in [-0.3, -0.25) is 14.4 Å². The molecule has 0 saturated carbocycles. The van der Waals surface area contributed by atoms with Crippen LogP contribution in [0.5, 0.6) is 0 Å². The number of ether oxygens (including phenoxy) is 11. The van der Waals surface area contributed by atoms with Crippen molar-refractivity contribution in [1.82, 2.24) is 0 Å². The molecular formula is C50H86O21. The molecule has 24 atom stereocenters. The van der Waals surface area contributed by atoms with E-state index in [9.17, 15) is 50.1 Å². The summed E-state index contributed by atoms with van der Waals surface area (Å²) in [6.45, 7) is 14.3. The summed E-state index contributed by atoms with van der Waals surface area (Å²) >= 11 is 0. The lowest BCUT2D eigenvalue weighted by Crippen LogP contribution is -2.67. The molecule has 7 N–H and O–H groups in total. The molecule has 0 radical (unpaired) electrons. The lowest BCUT2D eigenvalue weighted by molar-refractivity contribution is -0.397. The monoisotopic (exact) mass is 1020 g/mol. The summed E-state index contributed by atoms with van der Waals surface area (Å²) in [5.74, 6) is -4.02. The zero-order chi connectivity index (χ0) is 52.3. The van der Waals surface area contributed by atoms with Crippen LogP contribution in [0.4, 0.5) is 0 Å². The summed E-state index contributed by atoms with van der Waals surface area (Å²) in [6, 6.07) is 0. The van der Waals surface area contributed by atoms with Crippen LogP contribution in [-0.4, -0.2) is 189 Å². The number of hydrogen-bond acceptors (Lipinski definition) is 21. The Balaban J connectivity index is 1.50. The van der Waals surface area contributed by atoms with Gasteiger partial charge in [0.15, 0.2) is 49.6 Å². The summed E-state index contributed by atoms with van der Waals surface area (Å²) in [5, 5.41) is 79.3. The fourth-order valence-corrected chi connectivity index (χ4v) is 9.44. The Kier molecular flexibility index (Phi) is 23.6. The fraction of sp³-hybridized carbons (Fsp3) is 0.940. The minimum atomic E-state index is -1.83. The standard InChI is InChI=1S/C50H86O21/c1-10-12-18-21-31-22-19-16-14-13-15-17-20-23-32(52)66-41-35(55)29(8)63-50(70-42-36(56)33(53)27(6)62-48(42)65-31)44(41)71-49-43(68-45(59)24(3)11-2)37(57)39(30(9)64-49)69-47-38(58)40(34(54)28(7)61-47)67-46(60)25(4)26(5)51/h24-31,33-44,47-51,53-58H,10-23H2,1-9H3/t24-,25+,26+,27+,28+,29+,30-,31+,33+,34-,35+,36-,37+,38+,39-,40-,41-,42+,43+,44+,47-,48-,49-,50-/m0/s1. The average Bonchev–Trinajstić information content (AvgIpc) is 3.33. The van der Waals surface area contributed by atoms with Gasteiger partial charge in [0, 0.05) is 6.42 Å². The van der Waals surface area contributed by atoms with Gasteiger partial charge in [-0.1, -0.05) is 78.6 Å². The van der Waals surface area contributed by atoms with Gasteiger partial charge < -0.3 is 87.9 Å². The summed E-state index contributed by atoms with van der Waals surface area (Å²) in [5.41, 5.74) is 0. The van der Waals surface area contributed by atoms with E-state index < -0.39 is 159 Å². The Labute approximate surface area is 418 Å². The number of aliphatic hydroxyl groups excluding tert-OH is 7. The average molecular weight is 1020 g/mol. The third kappa shape index (κ3) is 15.7. The highest BCUT2D eigenvalue weighted by Gasteiger charge is 2.57. The van der Waals surface area contributed by atoms with E-state index in [2.05, 4.69) is 6.92 Å². The second-order valence-corrected chi connectivity index (χ2v) is 20.4. The van der Waals surface area contributed by atoms with Crippen molar-refractivity contribution in [3.63, 3.8) is 0 Å². The van der Waals surface area contributed by atoms with Gasteiger partial charge in [-0.25, -0.2) is 0 Å². The molecule has 5 fully saturated rings. The minimum Gasteiger partial charge on any atom is -0.456 e. The molecule has 5 heterocycles. The number of rotatable bonds is 14. The van der Waals surface area contributed by atoms with Crippen molar-refractivity contribution < 1.29 is 102 Å². The summed E-state index contributed by atoms with van der Waals surface area (Å²) in [7, 11) is 0. The number of aliphatic hydroxyl groups is 7. The molecule has 0 aromatic heterocycles. The summed E-state index contributed by atoms with van der Waals surface area (Å²) in [4.78, 5) is 40.2. The normalized spacial score (nSPS) is 42.7. The number of unbranched alkanes of at least 4 members (excludes halogenated alkanes) is 2. The first-order valence-electron chi connectivity index (χ1n) is 26.3. The van der Waals surface area contributed by atoms with Crippen molar-refractivity contribution in [2.75, 3.05) is 0 Å². The van der Waals surface area contributed by atoms with Gasteiger partial charge in [-0.2, -0.15) is 0 Å². The van der Waals surface area contributed by atoms with Crippen molar-refractivity contribution >= 4 is 17.9 Å². The van der Waals surface area contributed by atoms with Crippen LogP contribution >= 0.6 is 0 Å².